The van der Waals surface area contributed by atoms with Crippen molar-refractivity contribution >= 4 is 11.6 Å². The predicted octanol–water partition coefficient (Wildman–Crippen LogP) is 1.46. The van der Waals surface area contributed by atoms with Gasteiger partial charge in [0.1, 0.15) is 0 Å². The van der Waals surface area contributed by atoms with Gasteiger partial charge in [-0.3, -0.25) is 14.9 Å². The number of nitrogens with zero attached hydrogens (tertiary/aromatic N) is 2. The lowest BCUT2D eigenvalue weighted by molar-refractivity contribution is -0.384. The minimum atomic E-state index is -0.481. The van der Waals surface area contributed by atoms with Gasteiger partial charge in [0.05, 0.1) is 11.0 Å². The Morgan fingerprint density at radius 2 is 2.11 bits per heavy atom. The number of carbonyl (C=O) groups is 1. The van der Waals surface area contributed by atoms with Gasteiger partial charge in [-0.1, -0.05) is 0 Å². The largest absolute Gasteiger partial charge is 0.380 e. The minimum Gasteiger partial charge on any atom is -0.380 e. The van der Waals surface area contributed by atoms with E-state index in [1.165, 1.54) is 24.3 Å². The van der Waals surface area contributed by atoms with E-state index >= 15 is 0 Å². The van der Waals surface area contributed by atoms with Gasteiger partial charge in [0.25, 0.3) is 11.6 Å². The molecule has 1 aromatic carbocycles. The predicted molar refractivity (Wildman–Crippen MR) is 64.4 cm³/mol. The highest BCUT2D eigenvalue weighted by Crippen LogP contribution is 2.17. The fourth-order valence-electron chi connectivity index (χ4n) is 2.01. The topological polar surface area (TPSA) is 72.7 Å². The lowest BCUT2D eigenvalue weighted by atomic mass is 10.2. The molecule has 1 unspecified atom stereocenters. The minimum absolute atomic E-state index is 0.0114. The van der Waals surface area contributed by atoms with Crippen molar-refractivity contribution in [3.63, 3.8) is 0 Å². The number of amides is 1. The summed E-state index contributed by atoms with van der Waals surface area (Å²) in [6.07, 6.45) is 0.918. The third kappa shape index (κ3) is 2.48. The van der Waals surface area contributed by atoms with Crippen LogP contribution in [0.2, 0.25) is 0 Å². The van der Waals surface area contributed by atoms with Crippen LogP contribution in [0.1, 0.15) is 16.8 Å². The van der Waals surface area contributed by atoms with Crippen LogP contribution in [0.3, 0.4) is 0 Å². The summed E-state index contributed by atoms with van der Waals surface area (Å²) in [7, 11) is 1.63. The van der Waals surface area contributed by atoms with E-state index in [9.17, 15) is 14.9 Å². The van der Waals surface area contributed by atoms with Crippen molar-refractivity contribution in [3.05, 3.63) is 39.9 Å². The van der Waals surface area contributed by atoms with Crippen LogP contribution < -0.4 is 0 Å². The molecule has 0 N–H and O–H groups in total. The average Bonchev–Trinajstić information content (AvgIpc) is 2.86. The van der Waals surface area contributed by atoms with Crippen molar-refractivity contribution in [2.45, 2.75) is 12.5 Å². The van der Waals surface area contributed by atoms with Gasteiger partial charge in [-0.2, -0.15) is 0 Å². The van der Waals surface area contributed by atoms with Crippen LogP contribution in [0.25, 0.3) is 0 Å². The molecule has 6 nitrogen and oxygen atoms in total. The van der Waals surface area contributed by atoms with Crippen LogP contribution in [-0.4, -0.2) is 42.0 Å². The molecule has 1 aliphatic heterocycles. The molecule has 0 aliphatic carbocycles. The zero-order chi connectivity index (χ0) is 13.1. The molecule has 18 heavy (non-hydrogen) atoms. The number of hydrogen-bond acceptors (Lipinski definition) is 4. The fourth-order valence-corrected chi connectivity index (χ4v) is 2.01. The van der Waals surface area contributed by atoms with E-state index in [1.807, 2.05) is 0 Å². The molecule has 2 rings (SSSR count). The van der Waals surface area contributed by atoms with Crippen LogP contribution in [0, 0.1) is 10.1 Å². The van der Waals surface area contributed by atoms with E-state index in [0.717, 1.165) is 6.42 Å². The fraction of sp³-hybridized carbons (Fsp3) is 0.417. The van der Waals surface area contributed by atoms with Crippen molar-refractivity contribution in [2.24, 2.45) is 0 Å². The molecule has 0 saturated carbocycles. The monoisotopic (exact) mass is 250 g/mol. The zero-order valence-corrected chi connectivity index (χ0v) is 10.0. The lowest BCUT2D eigenvalue weighted by Crippen LogP contribution is -2.29. The molecule has 0 bridgehead atoms. The number of likely N-dealkylation sites (tertiary alicyclic amines) is 1. The second-order valence-electron chi connectivity index (χ2n) is 4.20. The van der Waals surface area contributed by atoms with Crippen molar-refractivity contribution in [1.29, 1.82) is 0 Å². The summed E-state index contributed by atoms with van der Waals surface area (Å²) in [5.74, 6) is -0.107. The maximum atomic E-state index is 12.1. The number of hydrogen-bond donors (Lipinski definition) is 0. The van der Waals surface area contributed by atoms with Crippen LogP contribution in [0.4, 0.5) is 5.69 Å². The third-order valence-corrected chi connectivity index (χ3v) is 3.09. The molecule has 1 atom stereocenters. The highest BCUT2D eigenvalue weighted by atomic mass is 16.6. The highest BCUT2D eigenvalue weighted by molar-refractivity contribution is 5.94. The second-order valence-corrected chi connectivity index (χ2v) is 4.20. The first-order valence-electron chi connectivity index (χ1n) is 5.68. The molecule has 0 spiro atoms. The third-order valence-electron chi connectivity index (χ3n) is 3.09. The summed E-state index contributed by atoms with van der Waals surface area (Å²) in [6.45, 7) is 1.24. The lowest BCUT2D eigenvalue weighted by Gasteiger charge is -2.15. The number of ether oxygens (including phenoxy) is 1. The van der Waals surface area contributed by atoms with E-state index in [0.29, 0.717) is 18.7 Å². The summed E-state index contributed by atoms with van der Waals surface area (Å²) >= 11 is 0. The van der Waals surface area contributed by atoms with Gasteiger partial charge in [-0.25, -0.2) is 0 Å². The van der Waals surface area contributed by atoms with Crippen LogP contribution in [-0.2, 0) is 4.74 Å². The molecular formula is C12H14N2O4. The Labute approximate surface area is 104 Å². The van der Waals surface area contributed by atoms with E-state index in [-0.39, 0.29) is 17.7 Å². The summed E-state index contributed by atoms with van der Waals surface area (Å²) in [4.78, 5) is 23.8. The Balaban J connectivity index is 2.07. The molecule has 1 saturated heterocycles. The number of rotatable bonds is 3. The van der Waals surface area contributed by atoms with Gasteiger partial charge in [-0.05, 0) is 18.6 Å². The Kier molecular flexibility index (Phi) is 3.57. The van der Waals surface area contributed by atoms with Crippen LogP contribution >= 0.6 is 0 Å². The Morgan fingerprint density at radius 3 is 2.61 bits per heavy atom. The molecule has 1 aromatic rings. The molecule has 0 radical (unpaired) electrons. The number of methoxy groups -OCH3 is 1. The highest BCUT2D eigenvalue weighted by Gasteiger charge is 2.26. The number of non-ortho nitro benzene ring substituents is 1. The molecule has 96 valence electrons. The normalized spacial score (nSPS) is 18.9. The Bertz CT molecular complexity index is 458. The Hall–Kier alpha value is -1.95. The molecule has 6 heteroatoms. The van der Waals surface area contributed by atoms with E-state index in [4.69, 9.17) is 4.74 Å². The average molecular weight is 250 g/mol. The van der Waals surface area contributed by atoms with Crippen molar-refractivity contribution < 1.29 is 14.5 Å². The molecule has 0 aromatic heterocycles. The van der Waals surface area contributed by atoms with E-state index < -0.39 is 4.92 Å². The molecule has 1 fully saturated rings. The maximum absolute atomic E-state index is 12.1. The maximum Gasteiger partial charge on any atom is 0.269 e. The van der Waals surface area contributed by atoms with E-state index in [2.05, 4.69) is 0 Å². The van der Waals surface area contributed by atoms with E-state index in [1.54, 1.807) is 12.0 Å². The zero-order valence-electron chi connectivity index (χ0n) is 10.0. The smallest absolute Gasteiger partial charge is 0.269 e. The summed E-state index contributed by atoms with van der Waals surface area (Å²) in [5, 5.41) is 10.5. The van der Waals surface area contributed by atoms with Crippen LogP contribution in [0.5, 0.6) is 0 Å². The summed E-state index contributed by atoms with van der Waals surface area (Å²) in [6, 6.07) is 5.66. The van der Waals surface area contributed by atoms with Gasteiger partial charge in [0.15, 0.2) is 0 Å². The Morgan fingerprint density at radius 1 is 1.44 bits per heavy atom. The number of nitro groups is 1. The first kappa shape index (κ1) is 12.5. The van der Waals surface area contributed by atoms with Gasteiger partial charge in [0.2, 0.25) is 0 Å². The van der Waals surface area contributed by atoms with Gasteiger partial charge in [0, 0.05) is 37.9 Å². The second kappa shape index (κ2) is 5.14. The van der Waals surface area contributed by atoms with Gasteiger partial charge < -0.3 is 9.64 Å². The number of benzene rings is 1. The number of carbonyl (C=O) groups excluding carboxylic acids is 1. The van der Waals surface area contributed by atoms with Gasteiger partial charge >= 0.3 is 0 Å². The standard InChI is InChI=1S/C12H14N2O4/c1-18-11-6-7-13(8-11)12(15)9-2-4-10(5-3-9)14(16)17/h2-5,11H,6-8H2,1H3. The molecular weight excluding hydrogens is 236 g/mol. The van der Waals surface area contributed by atoms with Crippen LogP contribution in [0.15, 0.2) is 24.3 Å². The number of nitro benzene ring substituents is 1. The summed E-state index contributed by atoms with van der Waals surface area (Å²) in [5.41, 5.74) is 0.458. The van der Waals surface area contributed by atoms with Gasteiger partial charge in [-0.15, -0.1) is 0 Å². The quantitative estimate of drug-likeness (QED) is 0.601. The molecule has 1 heterocycles. The van der Waals surface area contributed by atoms with Crippen molar-refractivity contribution in [3.8, 4) is 0 Å². The molecule has 1 aliphatic rings. The first-order valence-corrected chi connectivity index (χ1v) is 5.68. The van der Waals surface area contributed by atoms with Crippen molar-refractivity contribution in [1.82, 2.24) is 4.90 Å². The first-order chi connectivity index (χ1) is 8.61. The molecule has 1 amide bonds. The van der Waals surface area contributed by atoms with Crippen molar-refractivity contribution in [2.75, 3.05) is 20.2 Å². The SMILES string of the molecule is COC1CCN(C(=O)c2ccc([N+](=O)[O-])cc2)C1. The summed E-state index contributed by atoms with van der Waals surface area (Å²) < 4.78 is 5.19.